The number of carboxylic acid groups (broad SMARTS) is 1. The Morgan fingerprint density at radius 3 is 2.67 bits per heavy atom. The largest absolute Gasteiger partial charge is 0.480 e. The number of aromatic nitrogens is 2. The van der Waals surface area contributed by atoms with Gasteiger partial charge in [0.25, 0.3) is 0 Å². The lowest BCUT2D eigenvalue weighted by Crippen LogP contribution is -2.46. The van der Waals surface area contributed by atoms with E-state index in [1.165, 1.54) is 18.5 Å². The average molecular weight is 253 g/mol. The number of rotatable bonds is 5. The number of carbonyl (C=O) groups is 2. The van der Waals surface area contributed by atoms with E-state index < -0.39 is 23.6 Å². The minimum absolute atomic E-state index is 0.239. The number of carboxylic acids is 1. The van der Waals surface area contributed by atoms with Crippen molar-refractivity contribution in [3.05, 3.63) is 28.9 Å². The molecule has 2 N–H and O–H groups in total. The predicted molar refractivity (Wildman–Crippen MR) is 62.9 cm³/mol. The maximum absolute atomic E-state index is 11.6. The molecule has 0 aliphatic carbocycles. The molecule has 0 unspecified atom stereocenters. The van der Waals surface area contributed by atoms with Crippen LogP contribution in [0.3, 0.4) is 0 Å². The molecule has 0 saturated carbocycles. The number of aliphatic carboxylic acids is 1. The van der Waals surface area contributed by atoms with E-state index in [-0.39, 0.29) is 12.5 Å². The van der Waals surface area contributed by atoms with Gasteiger partial charge in [0, 0.05) is 12.4 Å². The van der Waals surface area contributed by atoms with Gasteiger partial charge >= 0.3 is 11.7 Å². The van der Waals surface area contributed by atoms with Crippen LogP contribution in [0.25, 0.3) is 0 Å². The molecule has 1 rings (SSSR count). The standard InChI is InChI=1S/C11H15N3O4/c1-7(2)9(10(16)17)13-8(15)6-14-5-3-4-12-11(14)18/h3-5,7,9H,6H2,1-2H3,(H,13,15)(H,16,17)/t9-/m0/s1. The fourth-order valence-electron chi connectivity index (χ4n) is 1.39. The maximum Gasteiger partial charge on any atom is 0.347 e. The van der Waals surface area contributed by atoms with Crippen LogP contribution in [-0.2, 0) is 16.1 Å². The van der Waals surface area contributed by atoms with Crippen LogP contribution in [0.5, 0.6) is 0 Å². The van der Waals surface area contributed by atoms with Crippen molar-refractivity contribution in [2.45, 2.75) is 26.4 Å². The van der Waals surface area contributed by atoms with Crippen LogP contribution in [0.4, 0.5) is 0 Å². The van der Waals surface area contributed by atoms with E-state index in [9.17, 15) is 14.4 Å². The Kier molecular flexibility index (Phi) is 4.59. The number of amides is 1. The average Bonchev–Trinajstić information content (AvgIpc) is 2.28. The third-order valence-corrected chi connectivity index (χ3v) is 2.35. The molecule has 1 aromatic heterocycles. The van der Waals surface area contributed by atoms with Crippen molar-refractivity contribution in [3.8, 4) is 0 Å². The second-order valence-electron chi connectivity index (χ2n) is 4.16. The zero-order valence-electron chi connectivity index (χ0n) is 10.2. The molecule has 0 bridgehead atoms. The normalized spacial score (nSPS) is 12.2. The van der Waals surface area contributed by atoms with Crippen LogP contribution >= 0.6 is 0 Å². The number of nitrogens with zero attached hydrogens (tertiary/aromatic N) is 2. The van der Waals surface area contributed by atoms with Crippen LogP contribution in [0.15, 0.2) is 23.3 Å². The highest BCUT2D eigenvalue weighted by molar-refractivity contribution is 5.83. The number of nitrogens with one attached hydrogen (secondary N) is 1. The second kappa shape index (κ2) is 5.95. The molecule has 0 radical (unpaired) electrons. The number of hydrogen-bond acceptors (Lipinski definition) is 4. The monoisotopic (exact) mass is 253 g/mol. The molecule has 0 aromatic carbocycles. The SMILES string of the molecule is CC(C)[C@H](NC(=O)Cn1cccnc1=O)C(=O)O. The van der Waals surface area contributed by atoms with Crippen molar-refractivity contribution in [1.29, 1.82) is 0 Å². The minimum atomic E-state index is -1.10. The topological polar surface area (TPSA) is 101 Å². The van der Waals surface area contributed by atoms with Crippen LogP contribution in [0.2, 0.25) is 0 Å². The summed E-state index contributed by atoms with van der Waals surface area (Å²) < 4.78 is 1.11. The summed E-state index contributed by atoms with van der Waals surface area (Å²) in [5, 5.41) is 11.3. The lowest BCUT2D eigenvalue weighted by Gasteiger charge is -2.17. The van der Waals surface area contributed by atoms with Crippen molar-refractivity contribution in [3.63, 3.8) is 0 Å². The van der Waals surface area contributed by atoms with Crippen molar-refractivity contribution in [2.24, 2.45) is 5.92 Å². The summed E-state index contributed by atoms with van der Waals surface area (Å²) in [6.45, 7) is 3.13. The molecule has 18 heavy (non-hydrogen) atoms. The van der Waals surface area contributed by atoms with Crippen LogP contribution in [0, 0.1) is 5.92 Å². The lowest BCUT2D eigenvalue weighted by molar-refractivity contribution is -0.143. The van der Waals surface area contributed by atoms with Crippen molar-refractivity contribution in [1.82, 2.24) is 14.9 Å². The Hall–Kier alpha value is -2.18. The molecule has 1 heterocycles. The maximum atomic E-state index is 11.6. The highest BCUT2D eigenvalue weighted by atomic mass is 16.4. The van der Waals surface area contributed by atoms with Gasteiger partial charge in [-0.1, -0.05) is 13.8 Å². The molecule has 0 spiro atoms. The van der Waals surface area contributed by atoms with Crippen LogP contribution in [-0.4, -0.2) is 32.6 Å². The molecule has 7 nitrogen and oxygen atoms in total. The van der Waals surface area contributed by atoms with E-state index in [0.717, 1.165) is 4.57 Å². The molecular weight excluding hydrogens is 238 g/mol. The first-order valence-electron chi connectivity index (χ1n) is 5.45. The summed E-state index contributed by atoms with van der Waals surface area (Å²) in [5.41, 5.74) is -0.552. The van der Waals surface area contributed by atoms with Crippen LogP contribution in [0.1, 0.15) is 13.8 Å². The zero-order valence-corrected chi connectivity index (χ0v) is 10.2. The highest BCUT2D eigenvalue weighted by Gasteiger charge is 2.23. The summed E-state index contributed by atoms with van der Waals surface area (Å²) >= 11 is 0. The van der Waals surface area contributed by atoms with E-state index in [1.807, 2.05) is 0 Å². The van der Waals surface area contributed by atoms with Gasteiger partial charge in [0.2, 0.25) is 5.91 Å². The second-order valence-corrected chi connectivity index (χ2v) is 4.16. The molecular formula is C11H15N3O4. The van der Waals surface area contributed by atoms with Gasteiger partial charge in [-0.05, 0) is 12.0 Å². The first-order valence-corrected chi connectivity index (χ1v) is 5.45. The molecule has 98 valence electrons. The van der Waals surface area contributed by atoms with Gasteiger partial charge in [0.15, 0.2) is 0 Å². The summed E-state index contributed by atoms with van der Waals surface area (Å²) in [4.78, 5) is 37.3. The van der Waals surface area contributed by atoms with Gasteiger partial charge < -0.3 is 10.4 Å². The summed E-state index contributed by atoms with van der Waals surface area (Å²) in [6, 6.07) is 0.552. The summed E-state index contributed by atoms with van der Waals surface area (Å²) in [6.07, 6.45) is 2.74. The van der Waals surface area contributed by atoms with Gasteiger partial charge in [-0.15, -0.1) is 0 Å². The molecule has 1 amide bonds. The van der Waals surface area contributed by atoms with E-state index in [1.54, 1.807) is 13.8 Å². The Labute approximate surface area is 103 Å². The van der Waals surface area contributed by atoms with Crippen LogP contribution < -0.4 is 11.0 Å². The van der Waals surface area contributed by atoms with Gasteiger partial charge in [0.1, 0.15) is 12.6 Å². The predicted octanol–water partition coefficient (Wildman–Crippen LogP) is -0.531. The van der Waals surface area contributed by atoms with Crippen molar-refractivity contribution < 1.29 is 14.7 Å². The third-order valence-electron chi connectivity index (χ3n) is 2.35. The first-order chi connectivity index (χ1) is 8.41. The number of carbonyl (C=O) groups excluding carboxylic acids is 1. The third kappa shape index (κ3) is 3.69. The summed E-state index contributed by atoms with van der Waals surface area (Å²) in [7, 11) is 0. The molecule has 1 atom stereocenters. The smallest absolute Gasteiger partial charge is 0.347 e. The van der Waals surface area contributed by atoms with Gasteiger partial charge in [-0.3, -0.25) is 9.36 Å². The van der Waals surface area contributed by atoms with E-state index >= 15 is 0 Å². The van der Waals surface area contributed by atoms with Gasteiger partial charge in [-0.2, -0.15) is 0 Å². The Morgan fingerprint density at radius 1 is 1.50 bits per heavy atom. The molecule has 0 aliphatic rings. The van der Waals surface area contributed by atoms with Gasteiger partial charge in [0.05, 0.1) is 0 Å². The van der Waals surface area contributed by atoms with E-state index in [0.29, 0.717) is 0 Å². The van der Waals surface area contributed by atoms with E-state index in [4.69, 9.17) is 5.11 Å². The molecule has 0 aliphatic heterocycles. The van der Waals surface area contributed by atoms with E-state index in [2.05, 4.69) is 10.3 Å². The Bertz CT molecular complexity index is 495. The molecule has 0 saturated heterocycles. The zero-order chi connectivity index (χ0) is 13.7. The lowest BCUT2D eigenvalue weighted by atomic mass is 10.1. The molecule has 1 aromatic rings. The first kappa shape index (κ1) is 13.9. The molecule has 0 fully saturated rings. The van der Waals surface area contributed by atoms with Crippen molar-refractivity contribution >= 4 is 11.9 Å². The minimum Gasteiger partial charge on any atom is -0.480 e. The van der Waals surface area contributed by atoms with Gasteiger partial charge in [-0.25, -0.2) is 14.6 Å². The quantitative estimate of drug-likeness (QED) is 0.734. The number of hydrogen-bond donors (Lipinski definition) is 2. The van der Waals surface area contributed by atoms with Crippen molar-refractivity contribution in [2.75, 3.05) is 0 Å². The Morgan fingerprint density at radius 2 is 2.17 bits per heavy atom. The fourth-order valence-corrected chi connectivity index (χ4v) is 1.39. The highest BCUT2D eigenvalue weighted by Crippen LogP contribution is 2.01. The Balaban J connectivity index is 2.70. The fraction of sp³-hybridized carbons (Fsp3) is 0.455. The summed E-state index contributed by atoms with van der Waals surface area (Å²) in [5.74, 6) is -1.87. The molecule has 7 heteroatoms.